The summed E-state index contributed by atoms with van der Waals surface area (Å²) in [6.45, 7) is 4.58. The Morgan fingerprint density at radius 1 is 1.26 bits per heavy atom. The Labute approximate surface area is 145 Å². The van der Waals surface area contributed by atoms with Crippen LogP contribution in [0.2, 0.25) is 0 Å². The van der Waals surface area contributed by atoms with Crippen LogP contribution in [0.5, 0.6) is 0 Å². The van der Waals surface area contributed by atoms with Crippen LogP contribution < -0.4 is 0 Å². The maximum absolute atomic E-state index is 12.6. The molecule has 122 valence electrons. The molecule has 1 fully saturated rings. The first-order valence-corrected chi connectivity index (χ1v) is 9.91. The minimum Gasteiger partial charge on any atom is -0.337 e. The number of rotatable bonds is 4. The summed E-state index contributed by atoms with van der Waals surface area (Å²) in [5, 5.41) is 3.06. The van der Waals surface area contributed by atoms with Gasteiger partial charge in [-0.25, -0.2) is 4.98 Å². The van der Waals surface area contributed by atoms with Crippen LogP contribution in [0.3, 0.4) is 0 Å². The molecule has 4 nitrogen and oxygen atoms in total. The van der Waals surface area contributed by atoms with E-state index in [1.165, 1.54) is 4.88 Å². The molecule has 2 aromatic rings. The number of hydrogen-bond acceptors (Lipinski definition) is 5. The van der Waals surface area contributed by atoms with Crippen LogP contribution in [0.25, 0.3) is 0 Å². The standard InChI is InChI=1S/C17H21N3OS2/c1-22-16-6-5-14(12-18-16)17(21)20-8-3-7-19(9-10-20)13-15-4-2-11-23-15/h2,4-6,11-12H,3,7-10,13H2,1H3. The van der Waals surface area contributed by atoms with Gasteiger partial charge in [0.2, 0.25) is 0 Å². The molecule has 3 rings (SSSR count). The van der Waals surface area contributed by atoms with E-state index in [0.717, 1.165) is 44.2 Å². The molecule has 1 aliphatic heterocycles. The normalized spacial score (nSPS) is 16.3. The van der Waals surface area contributed by atoms with Crippen LogP contribution >= 0.6 is 23.1 Å². The first kappa shape index (κ1) is 16.5. The highest BCUT2D eigenvalue weighted by molar-refractivity contribution is 7.98. The first-order chi connectivity index (χ1) is 11.3. The number of carbonyl (C=O) groups is 1. The van der Waals surface area contributed by atoms with Crippen molar-refractivity contribution in [1.82, 2.24) is 14.8 Å². The minimum atomic E-state index is 0.100. The number of nitrogens with zero attached hydrogens (tertiary/aromatic N) is 3. The van der Waals surface area contributed by atoms with Crippen molar-refractivity contribution >= 4 is 29.0 Å². The van der Waals surface area contributed by atoms with Gasteiger partial charge in [0.05, 0.1) is 10.6 Å². The van der Waals surface area contributed by atoms with E-state index in [1.807, 2.05) is 23.3 Å². The highest BCUT2D eigenvalue weighted by Crippen LogP contribution is 2.16. The fourth-order valence-electron chi connectivity index (χ4n) is 2.77. The first-order valence-electron chi connectivity index (χ1n) is 7.80. The summed E-state index contributed by atoms with van der Waals surface area (Å²) in [5.74, 6) is 0.100. The second-order valence-corrected chi connectivity index (χ2v) is 7.45. The van der Waals surface area contributed by atoms with Gasteiger partial charge in [-0.15, -0.1) is 23.1 Å². The van der Waals surface area contributed by atoms with Crippen molar-refractivity contribution in [3.63, 3.8) is 0 Å². The molecule has 0 atom stereocenters. The lowest BCUT2D eigenvalue weighted by Gasteiger charge is -2.21. The molecule has 0 saturated carbocycles. The van der Waals surface area contributed by atoms with Gasteiger partial charge in [0.1, 0.15) is 0 Å². The molecule has 23 heavy (non-hydrogen) atoms. The van der Waals surface area contributed by atoms with Gasteiger partial charge in [0.15, 0.2) is 0 Å². The summed E-state index contributed by atoms with van der Waals surface area (Å²) in [5.41, 5.74) is 0.689. The lowest BCUT2D eigenvalue weighted by Crippen LogP contribution is -2.35. The smallest absolute Gasteiger partial charge is 0.255 e. The van der Waals surface area contributed by atoms with Gasteiger partial charge in [-0.2, -0.15) is 0 Å². The zero-order chi connectivity index (χ0) is 16.1. The molecule has 3 heterocycles. The molecule has 0 unspecified atom stereocenters. The number of pyridine rings is 1. The predicted octanol–water partition coefficient (Wildman–Crippen LogP) is 3.21. The lowest BCUT2D eigenvalue weighted by atomic mass is 10.2. The van der Waals surface area contributed by atoms with Crippen molar-refractivity contribution in [3.05, 3.63) is 46.3 Å². The number of hydrogen-bond donors (Lipinski definition) is 0. The molecule has 0 spiro atoms. The average Bonchev–Trinajstić information content (AvgIpc) is 2.99. The van der Waals surface area contributed by atoms with E-state index in [4.69, 9.17) is 0 Å². The van der Waals surface area contributed by atoms with Gasteiger partial charge in [-0.05, 0) is 36.3 Å². The van der Waals surface area contributed by atoms with Crippen molar-refractivity contribution in [1.29, 1.82) is 0 Å². The molecular weight excluding hydrogens is 326 g/mol. The minimum absolute atomic E-state index is 0.100. The van der Waals surface area contributed by atoms with Crippen LogP contribution in [-0.2, 0) is 6.54 Å². The van der Waals surface area contributed by atoms with E-state index < -0.39 is 0 Å². The predicted molar refractivity (Wildman–Crippen MR) is 96.1 cm³/mol. The monoisotopic (exact) mass is 347 g/mol. The number of carbonyl (C=O) groups excluding carboxylic acids is 1. The van der Waals surface area contributed by atoms with Crippen LogP contribution in [-0.4, -0.2) is 53.1 Å². The van der Waals surface area contributed by atoms with E-state index in [1.54, 1.807) is 29.3 Å². The third-order valence-electron chi connectivity index (χ3n) is 4.03. The summed E-state index contributed by atoms with van der Waals surface area (Å²) in [6.07, 6.45) is 4.71. The zero-order valence-corrected chi connectivity index (χ0v) is 14.9. The zero-order valence-electron chi connectivity index (χ0n) is 13.3. The van der Waals surface area contributed by atoms with Gasteiger partial charge < -0.3 is 4.90 Å². The summed E-state index contributed by atoms with van der Waals surface area (Å²) in [7, 11) is 0. The maximum atomic E-state index is 12.6. The highest BCUT2D eigenvalue weighted by Gasteiger charge is 2.20. The molecule has 0 aliphatic carbocycles. The summed E-state index contributed by atoms with van der Waals surface area (Å²) in [6, 6.07) is 8.07. The van der Waals surface area contributed by atoms with E-state index in [-0.39, 0.29) is 5.91 Å². The molecule has 1 aliphatic rings. The number of thioether (sulfide) groups is 1. The van der Waals surface area contributed by atoms with Crippen LogP contribution in [0.15, 0.2) is 40.9 Å². The van der Waals surface area contributed by atoms with Gasteiger partial charge >= 0.3 is 0 Å². The van der Waals surface area contributed by atoms with Gasteiger partial charge in [-0.1, -0.05) is 6.07 Å². The summed E-state index contributed by atoms with van der Waals surface area (Å²) >= 11 is 3.39. The molecule has 0 radical (unpaired) electrons. The number of amides is 1. The van der Waals surface area contributed by atoms with Crippen molar-refractivity contribution < 1.29 is 4.79 Å². The van der Waals surface area contributed by atoms with Gasteiger partial charge in [0.25, 0.3) is 5.91 Å². The van der Waals surface area contributed by atoms with Crippen molar-refractivity contribution in [2.24, 2.45) is 0 Å². The third kappa shape index (κ3) is 4.34. The lowest BCUT2D eigenvalue weighted by molar-refractivity contribution is 0.0760. The molecule has 0 bridgehead atoms. The highest BCUT2D eigenvalue weighted by atomic mass is 32.2. The Bertz CT molecular complexity index is 628. The van der Waals surface area contributed by atoms with Gasteiger partial charge in [-0.3, -0.25) is 9.69 Å². The maximum Gasteiger partial charge on any atom is 0.255 e. The Balaban J connectivity index is 1.59. The molecule has 1 amide bonds. The Morgan fingerprint density at radius 2 is 2.17 bits per heavy atom. The van der Waals surface area contributed by atoms with E-state index >= 15 is 0 Å². The fourth-order valence-corrected chi connectivity index (χ4v) is 3.87. The van der Waals surface area contributed by atoms with Crippen molar-refractivity contribution in [2.45, 2.75) is 18.0 Å². The molecular formula is C17H21N3OS2. The molecule has 0 aromatic carbocycles. The largest absolute Gasteiger partial charge is 0.337 e. The summed E-state index contributed by atoms with van der Waals surface area (Å²) < 4.78 is 0. The van der Waals surface area contributed by atoms with Crippen LogP contribution in [0, 0.1) is 0 Å². The van der Waals surface area contributed by atoms with Gasteiger partial charge in [0, 0.05) is 43.8 Å². The van der Waals surface area contributed by atoms with Crippen molar-refractivity contribution in [2.75, 3.05) is 32.4 Å². The molecule has 0 N–H and O–H groups in total. The Hall–Kier alpha value is -1.37. The van der Waals surface area contributed by atoms with E-state index in [2.05, 4.69) is 27.4 Å². The molecule has 6 heteroatoms. The Morgan fingerprint density at radius 3 is 2.87 bits per heavy atom. The second-order valence-electron chi connectivity index (χ2n) is 5.59. The van der Waals surface area contributed by atoms with E-state index in [9.17, 15) is 4.79 Å². The van der Waals surface area contributed by atoms with Crippen LogP contribution in [0.1, 0.15) is 21.7 Å². The van der Waals surface area contributed by atoms with E-state index in [0.29, 0.717) is 5.56 Å². The number of thiophene rings is 1. The second kappa shape index (κ2) is 7.95. The van der Waals surface area contributed by atoms with Crippen molar-refractivity contribution in [3.8, 4) is 0 Å². The molecule has 2 aromatic heterocycles. The number of aromatic nitrogens is 1. The topological polar surface area (TPSA) is 36.4 Å². The Kier molecular flexibility index (Phi) is 5.70. The fraction of sp³-hybridized carbons (Fsp3) is 0.412. The third-order valence-corrected chi connectivity index (χ3v) is 5.55. The summed E-state index contributed by atoms with van der Waals surface area (Å²) in [4.78, 5) is 22.7. The molecule has 1 saturated heterocycles. The average molecular weight is 348 g/mol. The van der Waals surface area contributed by atoms with Crippen LogP contribution in [0.4, 0.5) is 0 Å². The SMILES string of the molecule is CSc1ccc(C(=O)N2CCCN(Cc3cccs3)CC2)cn1. The quantitative estimate of drug-likeness (QED) is 0.796.